The first-order valence-corrected chi connectivity index (χ1v) is 12.4. The molecule has 1 heterocycles. The molecule has 0 saturated heterocycles. The molecule has 35 heavy (non-hydrogen) atoms. The fourth-order valence-corrected chi connectivity index (χ4v) is 3.36. The van der Waals surface area contributed by atoms with Gasteiger partial charge in [0.25, 0.3) is 0 Å². The number of amides is 1. The number of carbonyl (C=O) groups is 1. The van der Waals surface area contributed by atoms with Crippen molar-refractivity contribution in [1.29, 1.82) is 0 Å². The van der Waals surface area contributed by atoms with E-state index in [0.29, 0.717) is 29.8 Å². The molecule has 1 aromatic heterocycles. The lowest BCUT2D eigenvalue weighted by molar-refractivity contribution is -0.127. The average Bonchev–Trinajstić information content (AvgIpc) is 2.84. The molecule has 1 aromatic carbocycles. The van der Waals surface area contributed by atoms with Crippen molar-refractivity contribution in [3.8, 4) is 11.8 Å². The standard InChI is InChI=1S/C26H38ClN7O/c1-7-15-28-24-21(18-30-26(32-24)31-23-14-11-13-22(27)17-23)12-9-8-10-16-29-25(35)19(2)34(6)20(3)33(4)5/h11,13-14,17-20H,7-8,10,15-16H2,1-6H3,(H,29,35)(H2,28,30,31,32)/t19-,20?/m0/s1. The first-order valence-electron chi connectivity index (χ1n) is 12.0. The van der Waals surface area contributed by atoms with Crippen molar-refractivity contribution in [3.63, 3.8) is 0 Å². The molecule has 0 spiro atoms. The summed E-state index contributed by atoms with van der Waals surface area (Å²) in [6.45, 7) is 7.46. The SMILES string of the molecule is CCCNc1nc(Nc2cccc(Cl)c2)ncc1C#CCCCNC(=O)[C@H](C)N(C)C(C)N(C)C. The number of unbranched alkanes of at least 4 members (excludes halogenated alkanes) is 1. The number of anilines is 3. The predicted octanol–water partition coefficient (Wildman–Crippen LogP) is 4.17. The molecule has 2 atom stereocenters. The van der Waals surface area contributed by atoms with E-state index in [2.05, 4.69) is 56.5 Å². The summed E-state index contributed by atoms with van der Waals surface area (Å²) in [4.78, 5) is 25.6. The van der Waals surface area contributed by atoms with Crippen molar-refractivity contribution in [2.45, 2.75) is 52.2 Å². The van der Waals surface area contributed by atoms with Crippen LogP contribution in [-0.4, -0.2) is 72.1 Å². The van der Waals surface area contributed by atoms with Crippen molar-refractivity contribution in [1.82, 2.24) is 25.1 Å². The van der Waals surface area contributed by atoms with Gasteiger partial charge in [-0.05, 0) is 66.0 Å². The molecule has 1 amide bonds. The van der Waals surface area contributed by atoms with Crippen LogP contribution in [0.1, 0.15) is 45.6 Å². The maximum atomic E-state index is 12.4. The Morgan fingerprint density at radius 1 is 1.20 bits per heavy atom. The van der Waals surface area contributed by atoms with Gasteiger partial charge in [0.15, 0.2) is 0 Å². The monoisotopic (exact) mass is 499 g/mol. The van der Waals surface area contributed by atoms with Crippen LogP contribution in [0.3, 0.4) is 0 Å². The Morgan fingerprint density at radius 2 is 1.97 bits per heavy atom. The molecule has 0 aliphatic carbocycles. The minimum Gasteiger partial charge on any atom is -0.369 e. The van der Waals surface area contributed by atoms with E-state index in [9.17, 15) is 4.79 Å². The third-order valence-corrected chi connectivity index (χ3v) is 5.97. The maximum absolute atomic E-state index is 12.4. The maximum Gasteiger partial charge on any atom is 0.237 e. The number of aromatic nitrogens is 2. The zero-order chi connectivity index (χ0) is 25.8. The highest BCUT2D eigenvalue weighted by Crippen LogP contribution is 2.20. The smallest absolute Gasteiger partial charge is 0.237 e. The number of hydrogen-bond donors (Lipinski definition) is 3. The number of benzene rings is 1. The molecule has 0 bridgehead atoms. The highest BCUT2D eigenvalue weighted by Gasteiger charge is 2.22. The van der Waals surface area contributed by atoms with Gasteiger partial charge in [0.2, 0.25) is 11.9 Å². The molecule has 1 unspecified atom stereocenters. The van der Waals surface area contributed by atoms with Gasteiger partial charge in [-0.3, -0.25) is 14.6 Å². The van der Waals surface area contributed by atoms with Crippen LogP contribution >= 0.6 is 11.6 Å². The first-order chi connectivity index (χ1) is 16.7. The van der Waals surface area contributed by atoms with E-state index in [1.54, 1.807) is 6.20 Å². The molecule has 190 valence electrons. The van der Waals surface area contributed by atoms with Crippen LogP contribution in [0.5, 0.6) is 0 Å². The highest BCUT2D eigenvalue weighted by atomic mass is 35.5. The Kier molecular flexibility index (Phi) is 11.8. The predicted molar refractivity (Wildman–Crippen MR) is 145 cm³/mol. The van der Waals surface area contributed by atoms with Gasteiger partial charge in [-0.2, -0.15) is 4.98 Å². The Bertz CT molecular complexity index is 1020. The van der Waals surface area contributed by atoms with Crippen LogP contribution in [0.25, 0.3) is 0 Å². The molecule has 0 saturated carbocycles. The third kappa shape index (κ3) is 9.36. The summed E-state index contributed by atoms with van der Waals surface area (Å²) in [5.41, 5.74) is 1.56. The number of carbonyl (C=O) groups excluding carboxylic acids is 1. The van der Waals surface area contributed by atoms with Crippen molar-refractivity contribution < 1.29 is 4.79 Å². The van der Waals surface area contributed by atoms with Gasteiger partial charge in [0.1, 0.15) is 5.82 Å². The Morgan fingerprint density at radius 3 is 2.66 bits per heavy atom. The minimum atomic E-state index is -0.207. The lowest BCUT2D eigenvalue weighted by Gasteiger charge is -2.33. The summed E-state index contributed by atoms with van der Waals surface area (Å²) in [6, 6.07) is 7.20. The van der Waals surface area contributed by atoms with E-state index < -0.39 is 0 Å². The molecular weight excluding hydrogens is 462 g/mol. The van der Waals surface area contributed by atoms with Gasteiger partial charge in [-0.25, -0.2) is 4.98 Å². The number of likely N-dealkylation sites (N-methyl/N-ethyl adjacent to an activating group) is 1. The number of nitrogens with zero attached hydrogens (tertiary/aromatic N) is 4. The summed E-state index contributed by atoms with van der Waals surface area (Å²) in [5, 5.41) is 10.1. The first kappa shape index (κ1) is 28.4. The average molecular weight is 500 g/mol. The van der Waals surface area contributed by atoms with E-state index in [-0.39, 0.29) is 18.1 Å². The quantitative estimate of drug-likeness (QED) is 0.229. The van der Waals surface area contributed by atoms with Gasteiger partial charge in [-0.1, -0.05) is 36.4 Å². The summed E-state index contributed by atoms with van der Waals surface area (Å²) in [7, 11) is 5.96. The van der Waals surface area contributed by atoms with Gasteiger partial charge in [0.05, 0.1) is 24.0 Å². The van der Waals surface area contributed by atoms with E-state index in [1.807, 2.05) is 57.2 Å². The van der Waals surface area contributed by atoms with Crippen molar-refractivity contribution in [3.05, 3.63) is 41.0 Å². The third-order valence-electron chi connectivity index (χ3n) is 5.74. The number of nitrogens with one attached hydrogen (secondary N) is 3. The lowest BCUT2D eigenvalue weighted by Crippen LogP contribution is -2.51. The van der Waals surface area contributed by atoms with Gasteiger partial charge < -0.3 is 16.0 Å². The molecule has 0 aliphatic rings. The highest BCUT2D eigenvalue weighted by molar-refractivity contribution is 6.30. The Labute approximate surface area is 214 Å². The van der Waals surface area contributed by atoms with Gasteiger partial charge in [0, 0.05) is 30.2 Å². The second-order valence-electron chi connectivity index (χ2n) is 8.65. The summed E-state index contributed by atoms with van der Waals surface area (Å²) >= 11 is 6.06. The summed E-state index contributed by atoms with van der Waals surface area (Å²) in [5.74, 6) is 7.54. The fraction of sp³-hybridized carbons (Fsp3) is 0.500. The van der Waals surface area contributed by atoms with E-state index in [0.717, 1.165) is 30.6 Å². The molecule has 0 radical (unpaired) electrons. The molecule has 8 nitrogen and oxygen atoms in total. The minimum absolute atomic E-state index is 0.0244. The van der Waals surface area contributed by atoms with Crippen LogP contribution < -0.4 is 16.0 Å². The Balaban J connectivity index is 1.91. The number of rotatable bonds is 12. The van der Waals surface area contributed by atoms with Crippen LogP contribution in [0.4, 0.5) is 17.5 Å². The van der Waals surface area contributed by atoms with Crippen molar-refractivity contribution >= 4 is 35.0 Å². The Hall–Kier alpha value is -2.86. The molecule has 2 aromatic rings. The molecule has 0 aliphatic heterocycles. The van der Waals surface area contributed by atoms with Crippen LogP contribution in [0.15, 0.2) is 30.5 Å². The molecule has 2 rings (SSSR count). The molecule has 3 N–H and O–H groups in total. The van der Waals surface area contributed by atoms with Crippen molar-refractivity contribution in [2.24, 2.45) is 0 Å². The number of hydrogen-bond acceptors (Lipinski definition) is 7. The van der Waals surface area contributed by atoms with Gasteiger partial charge in [-0.15, -0.1) is 0 Å². The van der Waals surface area contributed by atoms with Crippen LogP contribution in [-0.2, 0) is 4.79 Å². The zero-order valence-electron chi connectivity index (χ0n) is 21.7. The molecular formula is C26H38ClN7O. The topological polar surface area (TPSA) is 85.4 Å². The largest absolute Gasteiger partial charge is 0.369 e. The van der Waals surface area contributed by atoms with Crippen LogP contribution in [0, 0.1) is 11.8 Å². The molecule has 0 fully saturated rings. The normalized spacial score (nSPS) is 12.6. The zero-order valence-corrected chi connectivity index (χ0v) is 22.4. The fourth-order valence-electron chi connectivity index (χ4n) is 3.17. The van der Waals surface area contributed by atoms with E-state index in [1.165, 1.54) is 0 Å². The van der Waals surface area contributed by atoms with E-state index >= 15 is 0 Å². The summed E-state index contributed by atoms with van der Waals surface area (Å²) < 4.78 is 0. The van der Waals surface area contributed by atoms with Crippen LogP contribution in [0.2, 0.25) is 5.02 Å². The van der Waals surface area contributed by atoms with Gasteiger partial charge >= 0.3 is 0 Å². The van der Waals surface area contributed by atoms with E-state index in [4.69, 9.17) is 11.6 Å². The molecule has 9 heteroatoms. The number of halogens is 1. The second kappa shape index (κ2) is 14.5. The lowest BCUT2D eigenvalue weighted by atomic mass is 10.2. The summed E-state index contributed by atoms with van der Waals surface area (Å²) in [6.07, 6.45) is 4.29. The second-order valence-corrected chi connectivity index (χ2v) is 9.09. The van der Waals surface area contributed by atoms with Crippen molar-refractivity contribution in [2.75, 3.05) is 44.9 Å².